The first-order chi connectivity index (χ1) is 3.18. The standard InChI is InChI=1S/C3H8O3S/c4-2(1-7)3(5)6/h2-7H,1H2. The molecular formula is C3H8O3S. The molecule has 0 aliphatic carbocycles. The largest absolute Gasteiger partial charge is 0.387 e. The van der Waals surface area contributed by atoms with Crippen LogP contribution in [-0.2, 0) is 0 Å². The molecule has 0 fully saturated rings. The molecular weight excluding hydrogens is 116 g/mol. The highest BCUT2D eigenvalue weighted by atomic mass is 32.1. The lowest BCUT2D eigenvalue weighted by Crippen LogP contribution is -2.26. The van der Waals surface area contributed by atoms with E-state index >= 15 is 0 Å². The van der Waals surface area contributed by atoms with E-state index in [4.69, 9.17) is 15.3 Å². The third-order valence-electron chi connectivity index (χ3n) is 0.531. The molecule has 0 rings (SSSR count). The van der Waals surface area contributed by atoms with Crippen molar-refractivity contribution in [2.75, 3.05) is 5.75 Å². The second-order valence-corrected chi connectivity index (χ2v) is 1.53. The van der Waals surface area contributed by atoms with E-state index in [9.17, 15) is 0 Å². The molecule has 0 aromatic rings. The molecule has 7 heavy (non-hydrogen) atoms. The maximum atomic E-state index is 8.36. The van der Waals surface area contributed by atoms with E-state index in [-0.39, 0.29) is 5.75 Å². The lowest BCUT2D eigenvalue weighted by molar-refractivity contribution is -0.112. The molecule has 0 saturated heterocycles. The van der Waals surface area contributed by atoms with Gasteiger partial charge in [-0.25, -0.2) is 0 Å². The lowest BCUT2D eigenvalue weighted by Gasteiger charge is -2.06. The van der Waals surface area contributed by atoms with E-state index in [1.165, 1.54) is 0 Å². The van der Waals surface area contributed by atoms with Gasteiger partial charge in [-0.1, -0.05) is 0 Å². The molecule has 1 unspecified atom stereocenters. The summed E-state index contributed by atoms with van der Waals surface area (Å²) in [5.74, 6) is 0.0671. The summed E-state index contributed by atoms with van der Waals surface area (Å²) >= 11 is 3.58. The molecule has 0 spiro atoms. The van der Waals surface area contributed by atoms with Crippen LogP contribution in [0.4, 0.5) is 0 Å². The van der Waals surface area contributed by atoms with Crippen molar-refractivity contribution in [1.29, 1.82) is 0 Å². The molecule has 4 heteroatoms. The maximum absolute atomic E-state index is 8.36. The average molecular weight is 124 g/mol. The highest BCUT2D eigenvalue weighted by Gasteiger charge is 2.08. The minimum atomic E-state index is -1.66. The Bertz CT molecular complexity index is 47.4. The quantitative estimate of drug-likeness (QED) is 0.270. The van der Waals surface area contributed by atoms with Gasteiger partial charge in [-0.3, -0.25) is 0 Å². The molecule has 0 amide bonds. The fourth-order valence-electron chi connectivity index (χ4n) is 0.0943. The number of hydrogen-bond donors (Lipinski definition) is 4. The molecule has 0 radical (unpaired) electrons. The summed E-state index contributed by atoms with van der Waals surface area (Å²) in [4.78, 5) is 0. The van der Waals surface area contributed by atoms with Crippen molar-refractivity contribution < 1.29 is 15.3 Å². The summed E-state index contributed by atoms with van der Waals surface area (Å²) in [7, 11) is 0. The molecule has 0 bridgehead atoms. The van der Waals surface area contributed by atoms with Gasteiger partial charge in [0.15, 0.2) is 6.29 Å². The Morgan fingerprint density at radius 2 is 1.71 bits per heavy atom. The molecule has 3 N–H and O–H groups in total. The Hall–Kier alpha value is 0.230. The van der Waals surface area contributed by atoms with E-state index in [0.717, 1.165) is 0 Å². The molecule has 0 aliphatic rings. The second-order valence-electron chi connectivity index (χ2n) is 1.16. The summed E-state index contributed by atoms with van der Waals surface area (Å²) in [5, 5.41) is 24.5. The molecule has 0 aliphatic heterocycles. The minimum Gasteiger partial charge on any atom is -0.387 e. The Morgan fingerprint density at radius 3 is 1.71 bits per heavy atom. The molecule has 0 aromatic carbocycles. The van der Waals surface area contributed by atoms with Gasteiger partial charge in [0.25, 0.3) is 0 Å². The summed E-state index contributed by atoms with van der Waals surface area (Å²) in [5.41, 5.74) is 0. The van der Waals surface area contributed by atoms with Crippen molar-refractivity contribution in [3.05, 3.63) is 0 Å². The molecule has 3 nitrogen and oxygen atoms in total. The van der Waals surface area contributed by atoms with Gasteiger partial charge in [0.2, 0.25) is 0 Å². The van der Waals surface area contributed by atoms with Gasteiger partial charge in [0.05, 0.1) is 0 Å². The van der Waals surface area contributed by atoms with Crippen molar-refractivity contribution in [3.63, 3.8) is 0 Å². The zero-order valence-corrected chi connectivity index (χ0v) is 4.55. The van der Waals surface area contributed by atoms with Crippen LogP contribution in [0.25, 0.3) is 0 Å². The van der Waals surface area contributed by atoms with Crippen molar-refractivity contribution >= 4 is 12.6 Å². The van der Waals surface area contributed by atoms with Gasteiger partial charge in [-0.15, -0.1) is 0 Å². The van der Waals surface area contributed by atoms with E-state index in [1.807, 2.05) is 0 Å². The SMILES string of the molecule is OC(O)C(O)CS. The van der Waals surface area contributed by atoms with Crippen molar-refractivity contribution in [2.45, 2.75) is 12.4 Å². The van der Waals surface area contributed by atoms with Crippen LogP contribution in [0.15, 0.2) is 0 Å². The normalized spacial score (nSPS) is 15.0. The first kappa shape index (κ1) is 7.23. The molecule has 44 valence electrons. The molecule has 0 saturated carbocycles. The number of thiol groups is 1. The van der Waals surface area contributed by atoms with E-state index in [2.05, 4.69) is 12.6 Å². The van der Waals surface area contributed by atoms with Gasteiger partial charge in [0, 0.05) is 5.75 Å². The van der Waals surface area contributed by atoms with Crippen LogP contribution in [0.1, 0.15) is 0 Å². The monoisotopic (exact) mass is 124 g/mol. The number of rotatable bonds is 2. The zero-order valence-electron chi connectivity index (χ0n) is 3.65. The van der Waals surface area contributed by atoms with E-state index in [1.54, 1.807) is 0 Å². The number of aliphatic hydroxyl groups is 3. The van der Waals surface area contributed by atoms with Crippen LogP contribution >= 0.6 is 12.6 Å². The van der Waals surface area contributed by atoms with Crippen LogP contribution in [-0.4, -0.2) is 33.5 Å². The van der Waals surface area contributed by atoms with Crippen molar-refractivity contribution in [3.8, 4) is 0 Å². The predicted molar refractivity (Wildman–Crippen MR) is 28.1 cm³/mol. The highest BCUT2D eigenvalue weighted by molar-refractivity contribution is 7.80. The van der Waals surface area contributed by atoms with Crippen LogP contribution in [0.5, 0.6) is 0 Å². The average Bonchev–Trinajstić information content (AvgIpc) is 1.65. The lowest BCUT2D eigenvalue weighted by atomic mass is 10.4. The fraction of sp³-hybridized carbons (Fsp3) is 1.00. The summed E-state index contributed by atoms with van der Waals surface area (Å²) in [6.07, 6.45) is -2.78. The Balaban J connectivity index is 3.14. The highest BCUT2D eigenvalue weighted by Crippen LogP contribution is 1.89. The molecule has 0 heterocycles. The van der Waals surface area contributed by atoms with E-state index < -0.39 is 12.4 Å². The van der Waals surface area contributed by atoms with Gasteiger partial charge in [-0.05, 0) is 0 Å². The third-order valence-corrected chi connectivity index (χ3v) is 0.905. The van der Waals surface area contributed by atoms with Gasteiger partial charge in [-0.2, -0.15) is 12.6 Å². The number of aliphatic hydroxyl groups excluding tert-OH is 2. The van der Waals surface area contributed by atoms with Crippen molar-refractivity contribution in [1.82, 2.24) is 0 Å². The zero-order chi connectivity index (χ0) is 5.86. The topological polar surface area (TPSA) is 60.7 Å². The Labute approximate surface area is 47.0 Å². The number of hydrogen-bond acceptors (Lipinski definition) is 4. The third kappa shape index (κ3) is 2.87. The molecule has 1 atom stereocenters. The predicted octanol–water partition coefficient (Wildman–Crippen LogP) is -1.41. The van der Waals surface area contributed by atoms with Gasteiger partial charge >= 0.3 is 0 Å². The Morgan fingerprint density at radius 1 is 1.29 bits per heavy atom. The first-order valence-electron chi connectivity index (χ1n) is 1.83. The summed E-state index contributed by atoms with van der Waals surface area (Å²) in [6, 6.07) is 0. The van der Waals surface area contributed by atoms with Crippen LogP contribution in [0.2, 0.25) is 0 Å². The fourth-order valence-corrected chi connectivity index (χ4v) is 0.283. The molecule has 0 aromatic heterocycles. The van der Waals surface area contributed by atoms with Crippen LogP contribution in [0, 0.1) is 0 Å². The van der Waals surface area contributed by atoms with E-state index in [0.29, 0.717) is 0 Å². The minimum absolute atomic E-state index is 0.0671. The summed E-state index contributed by atoms with van der Waals surface area (Å²) < 4.78 is 0. The first-order valence-corrected chi connectivity index (χ1v) is 2.46. The smallest absolute Gasteiger partial charge is 0.178 e. The second kappa shape index (κ2) is 3.26. The van der Waals surface area contributed by atoms with Gasteiger partial charge in [0.1, 0.15) is 6.10 Å². The van der Waals surface area contributed by atoms with Crippen LogP contribution < -0.4 is 0 Å². The maximum Gasteiger partial charge on any atom is 0.178 e. The van der Waals surface area contributed by atoms with Gasteiger partial charge < -0.3 is 15.3 Å². The van der Waals surface area contributed by atoms with Crippen LogP contribution in [0.3, 0.4) is 0 Å². The Kier molecular flexibility index (Phi) is 3.37. The van der Waals surface area contributed by atoms with Crippen molar-refractivity contribution in [2.24, 2.45) is 0 Å². The summed E-state index contributed by atoms with van der Waals surface area (Å²) in [6.45, 7) is 0.